The molecule has 0 spiro atoms. The maximum Gasteiger partial charge on any atom is 0.254 e. The Kier molecular flexibility index (Phi) is 6.79. The number of likely N-dealkylation sites (tertiary alicyclic amines) is 1. The van der Waals surface area contributed by atoms with Crippen LogP contribution in [0.25, 0.3) is 0 Å². The van der Waals surface area contributed by atoms with E-state index in [9.17, 15) is 13.2 Å². The number of nitrogens with zero attached hydrogens (tertiary/aromatic N) is 3. The molecule has 10 heteroatoms. The van der Waals surface area contributed by atoms with Gasteiger partial charge in [0, 0.05) is 50.4 Å². The van der Waals surface area contributed by atoms with Crippen LogP contribution in [0.15, 0.2) is 27.7 Å². The van der Waals surface area contributed by atoms with Gasteiger partial charge in [-0.25, -0.2) is 8.42 Å². The van der Waals surface area contributed by atoms with Gasteiger partial charge in [-0.3, -0.25) is 9.78 Å². The molecule has 1 aliphatic heterocycles. The molecule has 0 saturated carbocycles. The van der Waals surface area contributed by atoms with E-state index in [2.05, 4.69) is 10.1 Å². The van der Waals surface area contributed by atoms with Gasteiger partial charge in [0.25, 0.3) is 5.88 Å². The largest absolute Gasteiger partial charge is 0.476 e. The summed E-state index contributed by atoms with van der Waals surface area (Å²) in [6, 6.07) is 3.12. The average molecular weight is 442 g/mol. The first-order chi connectivity index (χ1) is 13.8. The molecule has 1 saturated heterocycles. The number of pyridine rings is 1. The van der Waals surface area contributed by atoms with Crippen LogP contribution in [-0.4, -0.2) is 55.3 Å². The van der Waals surface area contributed by atoms with Crippen LogP contribution in [0.4, 0.5) is 0 Å². The highest BCUT2D eigenvalue weighted by Crippen LogP contribution is 2.31. The Morgan fingerprint density at radius 3 is 2.93 bits per heavy atom. The molecule has 2 aromatic heterocycles. The molecule has 0 N–H and O–H groups in total. The van der Waals surface area contributed by atoms with Crippen molar-refractivity contribution in [1.82, 2.24) is 15.0 Å². The quantitative estimate of drug-likeness (QED) is 0.650. The Labute approximate surface area is 175 Å². The summed E-state index contributed by atoms with van der Waals surface area (Å²) < 4.78 is 34.8. The van der Waals surface area contributed by atoms with E-state index >= 15 is 0 Å². The molecule has 2 aromatic rings. The number of hydrogen-bond acceptors (Lipinski definition) is 7. The monoisotopic (exact) mass is 441 g/mol. The minimum atomic E-state index is -3.47. The summed E-state index contributed by atoms with van der Waals surface area (Å²) in [5.41, 5.74) is 0.478. The highest BCUT2D eigenvalue weighted by Gasteiger charge is 2.29. The smallest absolute Gasteiger partial charge is 0.254 e. The van der Waals surface area contributed by atoms with E-state index in [0.717, 1.165) is 19.1 Å². The van der Waals surface area contributed by atoms with Crippen LogP contribution in [0.2, 0.25) is 5.02 Å². The number of ether oxygens (including phenoxy) is 1. The summed E-state index contributed by atoms with van der Waals surface area (Å²) in [6.45, 7) is 3.41. The van der Waals surface area contributed by atoms with E-state index in [0.29, 0.717) is 43.5 Å². The summed E-state index contributed by atoms with van der Waals surface area (Å²) >= 11 is 5.95. The van der Waals surface area contributed by atoms with E-state index < -0.39 is 9.84 Å². The number of piperidine rings is 1. The second-order valence-electron chi connectivity index (χ2n) is 7.05. The van der Waals surface area contributed by atoms with Crippen LogP contribution >= 0.6 is 11.6 Å². The second-order valence-corrected chi connectivity index (χ2v) is 9.47. The zero-order valence-corrected chi connectivity index (χ0v) is 18.0. The van der Waals surface area contributed by atoms with E-state index in [1.165, 1.54) is 12.3 Å². The minimum Gasteiger partial charge on any atom is -0.476 e. The molecule has 0 aliphatic carbocycles. The van der Waals surface area contributed by atoms with Crippen LogP contribution in [-0.2, 0) is 21.1 Å². The molecule has 1 aliphatic rings. The van der Waals surface area contributed by atoms with Crippen LogP contribution in [0.3, 0.4) is 0 Å². The molecule has 8 nitrogen and oxygen atoms in total. The van der Waals surface area contributed by atoms with Gasteiger partial charge < -0.3 is 14.2 Å². The van der Waals surface area contributed by atoms with Crippen molar-refractivity contribution in [3.05, 3.63) is 34.8 Å². The van der Waals surface area contributed by atoms with Crippen LogP contribution < -0.4 is 4.74 Å². The van der Waals surface area contributed by atoms with Gasteiger partial charge in [-0.15, -0.1) is 0 Å². The lowest BCUT2D eigenvalue weighted by Crippen LogP contribution is -2.39. The molecule has 1 atom stereocenters. The first-order valence-electron chi connectivity index (χ1n) is 9.49. The lowest BCUT2D eigenvalue weighted by Gasteiger charge is -2.33. The summed E-state index contributed by atoms with van der Waals surface area (Å²) in [7, 11) is -3.47. The lowest BCUT2D eigenvalue weighted by atomic mass is 9.94. The van der Waals surface area contributed by atoms with Crippen LogP contribution in [0, 0.1) is 0 Å². The van der Waals surface area contributed by atoms with E-state index in [-0.39, 0.29) is 28.2 Å². The van der Waals surface area contributed by atoms with E-state index in [4.69, 9.17) is 20.9 Å². The van der Waals surface area contributed by atoms with Crippen molar-refractivity contribution < 1.29 is 22.5 Å². The highest BCUT2D eigenvalue weighted by molar-refractivity contribution is 7.90. The number of amides is 1. The highest BCUT2D eigenvalue weighted by atomic mass is 35.5. The Morgan fingerprint density at radius 2 is 2.21 bits per heavy atom. The zero-order valence-electron chi connectivity index (χ0n) is 16.4. The van der Waals surface area contributed by atoms with Gasteiger partial charge in [-0.05, 0) is 31.0 Å². The van der Waals surface area contributed by atoms with E-state index in [1.807, 2.05) is 6.92 Å². The van der Waals surface area contributed by atoms with Crippen molar-refractivity contribution in [3.8, 4) is 5.88 Å². The molecule has 3 rings (SSSR count). The first-order valence-corrected chi connectivity index (χ1v) is 11.8. The minimum absolute atomic E-state index is 0.0149. The van der Waals surface area contributed by atoms with Gasteiger partial charge in [0.15, 0.2) is 9.84 Å². The third kappa shape index (κ3) is 5.48. The first kappa shape index (κ1) is 21.6. The molecule has 29 heavy (non-hydrogen) atoms. The maximum absolute atomic E-state index is 12.7. The number of sulfone groups is 1. The van der Waals surface area contributed by atoms with Gasteiger partial charge in [-0.2, -0.15) is 0 Å². The van der Waals surface area contributed by atoms with Crippen LogP contribution in [0.5, 0.6) is 5.88 Å². The topological polar surface area (TPSA) is 103 Å². The molecule has 0 unspecified atom stereocenters. The lowest BCUT2D eigenvalue weighted by molar-refractivity contribution is -0.132. The number of rotatable bonds is 7. The van der Waals surface area contributed by atoms with Gasteiger partial charge in [0.05, 0.1) is 22.2 Å². The molecule has 0 radical (unpaired) electrons. The molecular weight excluding hydrogens is 418 g/mol. The maximum atomic E-state index is 12.7. The van der Waals surface area contributed by atoms with Crippen LogP contribution in [0.1, 0.15) is 43.6 Å². The van der Waals surface area contributed by atoms with Crippen molar-refractivity contribution in [2.75, 3.05) is 26.0 Å². The summed E-state index contributed by atoms with van der Waals surface area (Å²) in [5, 5.41) is 4.06. The molecule has 0 bridgehead atoms. The molecule has 1 fully saturated rings. The molecule has 158 valence electrons. The standard InChI is InChI=1S/C19H24ClN3O5S/c1-3-27-17-10-15(28-22-17)6-7-18(24)23-8-4-5-13(12-23)19-16(29(2,25)26)9-14(20)11-21-19/h9-11,13H,3-8,12H2,1-2H3/t13-/m1/s1. The Bertz CT molecular complexity index is 976. The fourth-order valence-corrected chi connectivity index (χ4v) is 4.64. The number of hydrogen-bond donors (Lipinski definition) is 0. The van der Waals surface area contributed by atoms with Crippen molar-refractivity contribution in [2.45, 2.75) is 43.4 Å². The normalized spacial score (nSPS) is 17.3. The fraction of sp³-hybridized carbons (Fsp3) is 0.526. The molecule has 1 amide bonds. The fourth-order valence-electron chi connectivity index (χ4n) is 3.48. The predicted molar refractivity (Wildman–Crippen MR) is 107 cm³/mol. The third-order valence-corrected chi connectivity index (χ3v) is 6.16. The Morgan fingerprint density at radius 1 is 1.41 bits per heavy atom. The predicted octanol–water partition coefficient (Wildman–Crippen LogP) is 2.86. The molecule has 3 heterocycles. The zero-order chi connectivity index (χ0) is 21.0. The van der Waals surface area contributed by atoms with Crippen molar-refractivity contribution in [1.29, 1.82) is 0 Å². The molecular formula is C19H24ClN3O5S. The Balaban J connectivity index is 1.67. The summed E-state index contributed by atoms with van der Waals surface area (Å²) in [6.07, 6.45) is 4.84. The Hall–Kier alpha value is -2.13. The number of carbonyl (C=O) groups is 1. The number of aryl methyl sites for hydroxylation is 1. The van der Waals surface area contributed by atoms with Crippen molar-refractivity contribution in [3.63, 3.8) is 0 Å². The summed E-state index contributed by atoms with van der Waals surface area (Å²) in [4.78, 5) is 18.9. The number of halogens is 1. The third-order valence-electron chi connectivity index (χ3n) is 4.82. The van der Waals surface area contributed by atoms with Crippen molar-refractivity contribution >= 4 is 27.3 Å². The molecule has 0 aromatic carbocycles. The number of aromatic nitrogens is 2. The van der Waals surface area contributed by atoms with Crippen molar-refractivity contribution in [2.24, 2.45) is 0 Å². The average Bonchev–Trinajstić information content (AvgIpc) is 3.13. The van der Waals surface area contributed by atoms with Gasteiger partial charge in [0.2, 0.25) is 5.91 Å². The van der Waals surface area contributed by atoms with E-state index in [1.54, 1.807) is 11.0 Å². The number of carbonyl (C=O) groups excluding carboxylic acids is 1. The van der Waals surface area contributed by atoms with Gasteiger partial charge >= 0.3 is 0 Å². The van der Waals surface area contributed by atoms with Gasteiger partial charge in [0.1, 0.15) is 5.76 Å². The summed E-state index contributed by atoms with van der Waals surface area (Å²) in [5.74, 6) is 0.840. The second kappa shape index (κ2) is 9.13. The SMILES string of the molecule is CCOc1cc(CCC(=O)N2CCC[C@@H](c3ncc(Cl)cc3S(C)(=O)=O)C2)on1. The van der Waals surface area contributed by atoms with Gasteiger partial charge in [-0.1, -0.05) is 11.6 Å².